The van der Waals surface area contributed by atoms with Crippen molar-refractivity contribution >= 4 is 75.1 Å². The summed E-state index contributed by atoms with van der Waals surface area (Å²) in [6.45, 7) is 0. The number of nitrogens with zero attached hydrogens (tertiary/aromatic N) is 4. The number of aromatic nitrogens is 4. The molecule has 4 nitrogen and oxygen atoms in total. The van der Waals surface area contributed by atoms with Crippen molar-refractivity contribution in [2.24, 2.45) is 0 Å². The first-order valence-corrected chi connectivity index (χ1v) is 15.8. The summed E-state index contributed by atoms with van der Waals surface area (Å²) in [6, 6.07) is 35.3. The van der Waals surface area contributed by atoms with E-state index in [9.17, 15) is 0 Å². The van der Waals surface area contributed by atoms with Crippen LogP contribution in [-0.4, -0.2) is 19.5 Å². The highest BCUT2D eigenvalue weighted by molar-refractivity contribution is 7.27. The van der Waals surface area contributed by atoms with Gasteiger partial charge in [0.15, 0.2) is 11.5 Å². The molecule has 214 valence electrons. The number of pyridine rings is 1. The van der Waals surface area contributed by atoms with E-state index in [1.807, 2.05) is 29.5 Å². The SMILES string of the molecule is [2H]c1c([2H])c([2H])c(-c2nc(-c3cccc(-n4c5ccccc5c5c6sc7ccccc7c6c6ccccc6c54)c3)nc3ncccc23)c([2H])c1[2H]. The minimum atomic E-state index is -0.454. The fraction of sp³-hybridized carbons (Fsp3) is 0. The lowest BCUT2D eigenvalue weighted by Gasteiger charge is -2.13. The molecule has 0 aliphatic heterocycles. The van der Waals surface area contributed by atoms with Crippen molar-refractivity contribution in [2.75, 3.05) is 0 Å². The molecular weight excluding hydrogens is 581 g/mol. The summed E-state index contributed by atoms with van der Waals surface area (Å²) < 4.78 is 47.0. The summed E-state index contributed by atoms with van der Waals surface area (Å²) in [7, 11) is 0. The second kappa shape index (κ2) is 9.80. The molecule has 0 saturated carbocycles. The zero-order chi connectivity index (χ0) is 34.5. The van der Waals surface area contributed by atoms with Crippen LogP contribution in [0.25, 0.3) is 92.1 Å². The Bertz CT molecular complexity index is 3080. The van der Waals surface area contributed by atoms with E-state index in [4.69, 9.17) is 16.8 Å². The predicted molar refractivity (Wildman–Crippen MR) is 193 cm³/mol. The van der Waals surface area contributed by atoms with Gasteiger partial charge in [0.05, 0.1) is 23.6 Å². The molecule has 4 heterocycles. The van der Waals surface area contributed by atoms with Crippen LogP contribution < -0.4 is 0 Å². The quantitative estimate of drug-likeness (QED) is 0.200. The Morgan fingerprint density at radius 3 is 2.26 bits per heavy atom. The molecule has 4 aromatic heterocycles. The molecule has 46 heavy (non-hydrogen) atoms. The Kier molecular flexibility index (Phi) is 4.46. The topological polar surface area (TPSA) is 43.6 Å². The molecule has 0 spiro atoms. The van der Waals surface area contributed by atoms with Gasteiger partial charge in [0, 0.05) is 64.7 Å². The van der Waals surface area contributed by atoms with E-state index < -0.39 is 18.1 Å². The fourth-order valence-electron chi connectivity index (χ4n) is 6.82. The third-order valence-corrected chi connectivity index (χ3v) is 9.91. The lowest BCUT2D eigenvalue weighted by atomic mass is 9.99. The Labute approximate surface area is 274 Å². The molecule has 6 aromatic carbocycles. The second-order valence-corrected chi connectivity index (χ2v) is 12.3. The van der Waals surface area contributed by atoms with Crippen LogP contribution in [0, 0.1) is 0 Å². The van der Waals surface area contributed by atoms with Crippen molar-refractivity contribution < 1.29 is 6.85 Å². The maximum atomic E-state index is 8.71. The summed E-state index contributed by atoms with van der Waals surface area (Å²) in [5.41, 5.74) is 4.42. The van der Waals surface area contributed by atoms with Gasteiger partial charge >= 0.3 is 0 Å². The molecule has 0 bridgehead atoms. The minimum Gasteiger partial charge on any atom is -0.309 e. The van der Waals surface area contributed by atoms with Gasteiger partial charge in [-0.25, -0.2) is 15.0 Å². The van der Waals surface area contributed by atoms with Crippen molar-refractivity contribution in [3.63, 3.8) is 0 Å². The average Bonchev–Trinajstić information content (AvgIpc) is 3.73. The normalized spacial score (nSPS) is 13.4. The van der Waals surface area contributed by atoms with Gasteiger partial charge in [0.2, 0.25) is 0 Å². The van der Waals surface area contributed by atoms with Gasteiger partial charge in [-0.05, 0) is 41.8 Å². The maximum absolute atomic E-state index is 8.71. The molecule has 0 unspecified atom stereocenters. The van der Waals surface area contributed by atoms with Gasteiger partial charge in [0.1, 0.15) is 0 Å². The molecule has 10 rings (SSSR count). The molecule has 0 atom stereocenters. The van der Waals surface area contributed by atoms with E-state index in [0.29, 0.717) is 22.4 Å². The first-order chi connectivity index (χ1) is 24.9. The van der Waals surface area contributed by atoms with E-state index >= 15 is 0 Å². The van der Waals surface area contributed by atoms with Gasteiger partial charge in [-0.15, -0.1) is 11.3 Å². The van der Waals surface area contributed by atoms with Crippen molar-refractivity contribution in [3.05, 3.63) is 146 Å². The van der Waals surface area contributed by atoms with Crippen LogP contribution in [0.4, 0.5) is 0 Å². The zero-order valence-corrected chi connectivity index (χ0v) is 25.0. The van der Waals surface area contributed by atoms with Gasteiger partial charge in [0.25, 0.3) is 0 Å². The zero-order valence-electron chi connectivity index (χ0n) is 29.2. The first-order valence-electron chi connectivity index (χ1n) is 17.5. The Morgan fingerprint density at radius 1 is 0.609 bits per heavy atom. The number of para-hydroxylation sites is 1. The molecule has 0 fully saturated rings. The Hall–Kier alpha value is -5.91. The lowest BCUT2D eigenvalue weighted by Crippen LogP contribution is -1.98. The smallest absolute Gasteiger partial charge is 0.163 e. The lowest BCUT2D eigenvalue weighted by molar-refractivity contribution is 1.16. The van der Waals surface area contributed by atoms with E-state index in [1.54, 1.807) is 18.3 Å². The highest BCUT2D eigenvalue weighted by Crippen LogP contribution is 2.48. The van der Waals surface area contributed by atoms with Crippen molar-refractivity contribution in [1.82, 2.24) is 19.5 Å². The van der Waals surface area contributed by atoms with Crippen LogP contribution in [-0.2, 0) is 0 Å². The third-order valence-electron chi connectivity index (χ3n) is 8.72. The van der Waals surface area contributed by atoms with Crippen LogP contribution in [0.3, 0.4) is 0 Å². The molecule has 0 N–H and O–H groups in total. The summed E-state index contributed by atoms with van der Waals surface area (Å²) in [5, 5.41) is 7.75. The van der Waals surface area contributed by atoms with Crippen molar-refractivity contribution in [1.29, 1.82) is 0 Å². The monoisotopic (exact) mass is 609 g/mol. The van der Waals surface area contributed by atoms with Crippen LogP contribution in [0.1, 0.15) is 6.85 Å². The van der Waals surface area contributed by atoms with Crippen LogP contribution in [0.2, 0.25) is 0 Å². The van der Waals surface area contributed by atoms with E-state index in [-0.39, 0.29) is 23.3 Å². The first kappa shape index (κ1) is 20.9. The van der Waals surface area contributed by atoms with Crippen LogP contribution in [0.15, 0.2) is 146 Å². The van der Waals surface area contributed by atoms with Crippen LogP contribution >= 0.6 is 11.3 Å². The Balaban J connectivity index is 1.28. The highest BCUT2D eigenvalue weighted by atomic mass is 32.1. The molecular formula is C41H24N4S. The van der Waals surface area contributed by atoms with Gasteiger partial charge < -0.3 is 4.57 Å². The molecule has 5 heteroatoms. The summed E-state index contributed by atoms with van der Waals surface area (Å²) in [6.07, 6.45) is 1.62. The van der Waals surface area contributed by atoms with Gasteiger partial charge in [-0.2, -0.15) is 0 Å². The molecule has 0 amide bonds. The summed E-state index contributed by atoms with van der Waals surface area (Å²) in [5.74, 6) is 0.336. The number of hydrogen-bond acceptors (Lipinski definition) is 4. The molecule has 0 aliphatic rings. The van der Waals surface area contributed by atoms with E-state index in [1.165, 1.54) is 30.9 Å². The molecule has 0 aliphatic carbocycles. The summed E-state index contributed by atoms with van der Waals surface area (Å²) in [4.78, 5) is 14.2. The summed E-state index contributed by atoms with van der Waals surface area (Å²) >= 11 is 1.83. The van der Waals surface area contributed by atoms with Gasteiger partial charge in [-0.3, -0.25) is 0 Å². The highest BCUT2D eigenvalue weighted by Gasteiger charge is 2.22. The second-order valence-electron chi connectivity index (χ2n) is 11.2. The fourth-order valence-corrected chi connectivity index (χ4v) is 8.10. The predicted octanol–water partition coefficient (Wildman–Crippen LogP) is 11.0. The molecule has 10 aromatic rings. The minimum absolute atomic E-state index is 0.0139. The van der Waals surface area contributed by atoms with Crippen LogP contribution in [0.5, 0.6) is 0 Å². The standard InChI is InChI=1S/C41H24N4S/c1-2-12-25(13-3-1)37-32-20-11-23-42-41(32)44-40(43-37)26-14-10-15-27(24-26)45-33-21-8-6-18-30(33)36-38(45)29-17-5-4-16-28(29)35-31-19-7-9-22-34(31)46-39(35)36/h1-24H/i1D,2D,3D,12D,13D. The average molecular weight is 610 g/mol. The number of fused-ring (bicyclic) bond motifs is 11. The van der Waals surface area contributed by atoms with Crippen molar-refractivity contribution in [2.45, 2.75) is 0 Å². The van der Waals surface area contributed by atoms with Crippen molar-refractivity contribution in [3.8, 4) is 28.3 Å². The number of benzene rings is 6. The largest absolute Gasteiger partial charge is 0.309 e. The van der Waals surface area contributed by atoms with Gasteiger partial charge in [-0.1, -0.05) is 103 Å². The Morgan fingerprint density at radius 2 is 1.37 bits per heavy atom. The number of hydrogen-bond donors (Lipinski definition) is 0. The number of rotatable bonds is 3. The third kappa shape index (κ3) is 3.63. The number of thiophene rings is 1. The maximum Gasteiger partial charge on any atom is 0.163 e. The molecule has 0 radical (unpaired) electrons. The van der Waals surface area contributed by atoms with E-state index in [2.05, 4.69) is 88.4 Å². The molecule has 0 saturated heterocycles. The van der Waals surface area contributed by atoms with E-state index in [0.717, 1.165) is 27.5 Å².